The van der Waals surface area contributed by atoms with Crippen molar-refractivity contribution in [3.63, 3.8) is 0 Å². The van der Waals surface area contributed by atoms with Crippen molar-refractivity contribution in [2.24, 2.45) is 23.7 Å². The van der Waals surface area contributed by atoms with Gasteiger partial charge in [0.1, 0.15) is 0 Å². The molecule has 0 aliphatic carbocycles. The Bertz CT molecular complexity index is 912. The third-order valence-corrected chi connectivity index (χ3v) is 10.0. The molecule has 0 saturated carbocycles. The van der Waals surface area contributed by atoms with Gasteiger partial charge >= 0.3 is 5.97 Å². The van der Waals surface area contributed by atoms with E-state index < -0.39 is 0 Å². The molecule has 0 bridgehead atoms. The van der Waals surface area contributed by atoms with E-state index in [9.17, 15) is 4.79 Å². The summed E-state index contributed by atoms with van der Waals surface area (Å²) in [5.41, 5.74) is 2.28. The van der Waals surface area contributed by atoms with Gasteiger partial charge in [0.25, 0.3) is 0 Å². The maximum atomic E-state index is 11.7. The molecule has 4 aliphatic heterocycles. The molecule has 6 nitrogen and oxygen atoms in total. The lowest BCUT2D eigenvalue weighted by molar-refractivity contribution is -0.244. The third kappa shape index (κ3) is 7.48. The number of hydrogen-bond donors (Lipinski definition) is 0. The first-order chi connectivity index (χ1) is 19.1. The van der Waals surface area contributed by atoms with Crippen LogP contribution in [-0.4, -0.2) is 61.4 Å². The van der Waals surface area contributed by atoms with Crippen molar-refractivity contribution in [3.8, 4) is 0 Å². The number of fused-ring (bicyclic) bond motifs is 1. The van der Waals surface area contributed by atoms with E-state index in [0.29, 0.717) is 36.4 Å². The summed E-state index contributed by atoms with van der Waals surface area (Å²) >= 11 is 0. The Labute approximate surface area is 242 Å². The largest absolute Gasteiger partial charge is 0.463 e. The Hall–Kier alpha value is -1.47. The fraction of sp³-hybridized carbons (Fsp3) is 0.794. The van der Waals surface area contributed by atoms with Crippen LogP contribution in [0.3, 0.4) is 0 Å². The van der Waals surface area contributed by atoms with Crippen molar-refractivity contribution < 1.29 is 28.5 Å². The fourth-order valence-corrected chi connectivity index (χ4v) is 7.25. The van der Waals surface area contributed by atoms with Crippen LogP contribution in [0.25, 0.3) is 0 Å². The molecule has 6 heteroatoms. The van der Waals surface area contributed by atoms with Crippen molar-refractivity contribution in [2.45, 2.75) is 142 Å². The molecule has 226 valence electrons. The SMILES string of the molecule is C=C1CC(/C=C/C(=O)OCC)OC1CC[C@H]1C[C@@H](C)C(=C)C(C[C@@H]2O[C@H]3C[C@@H](C)[C@@H](CCC)O[C@H]3[C@H](C)[C@H]2C)O1. The maximum Gasteiger partial charge on any atom is 0.330 e. The second kappa shape index (κ2) is 14.1. The lowest BCUT2D eigenvalue weighted by atomic mass is 9.74. The summed E-state index contributed by atoms with van der Waals surface area (Å²) in [5.74, 6) is 1.47. The summed E-state index contributed by atoms with van der Waals surface area (Å²) in [6.07, 6.45) is 11.9. The second-order valence-electron chi connectivity index (χ2n) is 13.0. The van der Waals surface area contributed by atoms with Crippen LogP contribution in [0.15, 0.2) is 36.5 Å². The zero-order chi connectivity index (χ0) is 29.0. The molecule has 0 amide bonds. The molecular formula is C34H54O6. The zero-order valence-electron chi connectivity index (χ0n) is 25.8. The van der Waals surface area contributed by atoms with Gasteiger partial charge in [-0.25, -0.2) is 4.79 Å². The van der Waals surface area contributed by atoms with Crippen LogP contribution >= 0.6 is 0 Å². The van der Waals surface area contributed by atoms with E-state index in [1.165, 1.54) is 11.6 Å². The Kier molecular flexibility index (Phi) is 11.1. The van der Waals surface area contributed by atoms with Gasteiger partial charge in [-0.3, -0.25) is 0 Å². The summed E-state index contributed by atoms with van der Waals surface area (Å²) < 4.78 is 31.3. The van der Waals surface area contributed by atoms with Crippen molar-refractivity contribution >= 4 is 5.97 Å². The van der Waals surface area contributed by atoms with Gasteiger partial charge in [0.2, 0.25) is 0 Å². The van der Waals surface area contributed by atoms with Gasteiger partial charge in [0.05, 0.1) is 55.4 Å². The number of hydrogen-bond acceptors (Lipinski definition) is 6. The van der Waals surface area contributed by atoms with E-state index in [4.69, 9.17) is 23.7 Å². The van der Waals surface area contributed by atoms with Crippen LogP contribution in [0.4, 0.5) is 0 Å². The van der Waals surface area contributed by atoms with Crippen molar-refractivity contribution in [2.75, 3.05) is 6.61 Å². The normalized spacial score (nSPS) is 42.2. The van der Waals surface area contributed by atoms with Crippen LogP contribution in [0.1, 0.15) is 92.9 Å². The highest BCUT2D eigenvalue weighted by atomic mass is 16.6. The molecule has 0 aromatic rings. The second-order valence-corrected chi connectivity index (χ2v) is 13.0. The first-order valence-corrected chi connectivity index (χ1v) is 15.9. The van der Waals surface area contributed by atoms with Gasteiger partial charge in [0, 0.05) is 18.9 Å². The summed E-state index contributed by atoms with van der Waals surface area (Å²) in [6, 6.07) is 0. The van der Waals surface area contributed by atoms with E-state index in [-0.39, 0.29) is 48.7 Å². The average molecular weight is 559 g/mol. The molecule has 4 heterocycles. The van der Waals surface area contributed by atoms with Gasteiger partial charge in [-0.1, -0.05) is 54.2 Å². The van der Waals surface area contributed by atoms with E-state index in [2.05, 4.69) is 47.8 Å². The zero-order valence-corrected chi connectivity index (χ0v) is 25.8. The average Bonchev–Trinajstić information content (AvgIpc) is 3.27. The topological polar surface area (TPSA) is 63.2 Å². The molecule has 0 radical (unpaired) electrons. The van der Waals surface area contributed by atoms with E-state index in [0.717, 1.165) is 56.9 Å². The standard InChI is InChI=1S/C34H54O6/c1-9-11-28-22(5)18-32-34(40-28)25(8)24(7)31(39-32)19-30-23(6)20(3)16-26(38-30)12-14-29-21(4)17-27(37-29)13-15-33(35)36-10-2/h13,15,20,22,24-32,34H,4,6,9-12,14,16-19H2,1-3,5,7-8H3/b15-13+/t20-,22-,24-,25-,26+,27?,28-,29?,30?,31+,32+,34+/m1/s1. The molecule has 12 atom stereocenters. The van der Waals surface area contributed by atoms with Gasteiger partial charge in [-0.05, 0) is 79.9 Å². The Balaban J connectivity index is 1.31. The Morgan fingerprint density at radius 1 is 0.925 bits per heavy atom. The molecule has 0 aromatic carbocycles. The quantitative estimate of drug-likeness (QED) is 0.164. The van der Waals surface area contributed by atoms with Crippen LogP contribution < -0.4 is 0 Å². The summed E-state index contributed by atoms with van der Waals surface area (Å²) in [7, 11) is 0. The molecule has 40 heavy (non-hydrogen) atoms. The summed E-state index contributed by atoms with van der Waals surface area (Å²) in [5, 5.41) is 0. The Morgan fingerprint density at radius 3 is 2.42 bits per heavy atom. The number of ether oxygens (including phenoxy) is 5. The molecule has 0 spiro atoms. The van der Waals surface area contributed by atoms with Gasteiger partial charge in [0.15, 0.2) is 0 Å². The first-order valence-electron chi connectivity index (χ1n) is 15.9. The van der Waals surface area contributed by atoms with Crippen LogP contribution in [0.2, 0.25) is 0 Å². The lowest BCUT2D eigenvalue weighted by Gasteiger charge is -2.51. The monoisotopic (exact) mass is 558 g/mol. The third-order valence-electron chi connectivity index (χ3n) is 10.0. The number of carbonyl (C=O) groups is 1. The molecule has 0 N–H and O–H groups in total. The minimum Gasteiger partial charge on any atom is -0.463 e. The highest BCUT2D eigenvalue weighted by Crippen LogP contribution is 2.44. The molecule has 0 aromatic heterocycles. The van der Waals surface area contributed by atoms with Gasteiger partial charge < -0.3 is 23.7 Å². The Morgan fingerprint density at radius 2 is 1.70 bits per heavy atom. The van der Waals surface area contributed by atoms with Crippen LogP contribution in [0.5, 0.6) is 0 Å². The van der Waals surface area contributed by atoms with E-state index in [1.807, 2.05) is 0 Å². The molecule has 4 fully saturated rings. The van der Waals surface area contributed by atoms with Crippen LogP contribution in [-0.2, 0) is 28.5 Å². The lowest BCUT2D eigenvalue weighted by Crippen LogP contribution is -2.56. The molecule has 4 aliphatic rings. The highest BCUT2D eigenvalue weighted by molar-refractivity contribution is 5.81. The highest BCUT2D eigenvalue weighted by Gasteiger charge is 2.48. The number of esters is 1. The first kappa shape index (κ1) is 31.5. The number of carbonyl (C=O) groups excluding carboxylic acids is 1. The maximum absolute atomic E-state index is 11.7. The smallest absolute Gasteiger partial charge is 0.330 e. The minimum atomic E-state index is -0.330. The van der Waals surface area contributed by atoms with Gasteiger partial charge in [-0.15, -0.1) is 0 Å². The van der Waals surface area contributed by atoms with Gasteiger partial charge in [-0.2, -0.15) is 0 Å². The summed E-state index contributed by atoms with van der Waals surface area (Å²) in [6.45, 7) is 22.4. The van der Waals surface area contributed by atoms with Crippen LogP contribution in [0, 0.1) is 23.7 Å². The fourth-order valence-electron chi connectivity index (χ4n) is 7.25. The van der Waals surface area contributed by atoms with E-state index >= 15 is 0 Å². The predicted octanol–water partition coefficient (Wildman–Crippen LogP) is 6.97. The van der Waals surface area contributed by atoms with E-state index in [1.54, 1.807) is 13.0 Å². The van der Waals surface area contributed by atoms with Crippen molar-refractivity contribution in [1.29, 1.82) is 0 Å². The predicted molar refractivity (Wildman–Crippen MR) is 158 cm³/mol. The number of rotatable bonds is 10. The van der Waals surface area contributed by atoms with Crippen molar-refractivity contribution in [3.05, 3.63) is 36.5 Å². The molecule has 4 saturated heterocycles. The molecule has 3 unspecified atom stereocenters. The molecule has 4 rings (SSSR count). The van der Waals surface area contributed by atoms with Crippen molar-refractivity contribution in [1.82, 2.24) is 0 Å². The molecular weight excluding hydrogens is 504 g/mol. The minimum absolute atomic E-state index is 0.00711. The summed E-state index contributed by atoms with van der Waals surface area (Å²) in [4.78, 5) is 11.7.